The molecule has 0 amide bonds. The number of rotatable bonds is 3. The van der Waals surface area contributed by atoms with Crippen LogP contribution in [0.25, 0.3) is 0 Å². The Labute approximate surface area is 110 Å². The lowest BCUT2D eigenvalue weighted by Crippen LogP contribution is -2.26. The van der Waals surface area contributed by atoms with Gasteiger partial charge in [0.25, 0.3) is 0 Å². The average Bonchev–Trinajstić information content (AvgIpc) is 2.66. The van der Waals surface area contributed by atoms with Crippen LogP contribution in [0.4, 0.5) is 0 Å². The van der Waals surface area contributed by atoms with Crippen molar-refractivity contribution in [1.29, 1.82) is 0 Å². The Hall–Kier alpha value is 0.140. The maximum absolute atomic E-state index is 5.99. The van der Waals surface area contributed by atoms with Crippen LogP contribution in [0.1, 0.15) is 38.0 Å². The van der Waals surface area contributed by atoms with Crippen molar-refractivity contribution in [3.8, 4) is 0 Å². The van der Waals surface area contributed by atoms with Crippen LogP contribution in [0, 0.1) is 11.8 Å². The van der Waals surface area contributed by atoms with Gasteiger partial charge in [-0.2, -0.15) is 0 Å². The predicted octanol–water partition coefficient (Wildman–Crippen LogP) is 4.85. The van der Waals surface area contributed by atoms with E-state index in [1.54, 1.807) is 11.3 Å². The minimum atomic E-state index is 0.479. The molecular weight excluding hydrogens is 284 g/mol. The summed E-state index contributed by atoms with van der Waals surface area (Å²) in [6, 6.07) is 2.15. The average molecular weight is 303 g/mol. The van der Waals surface area contributed by atoms with Crippen LogP contribution in [0.15, 0.2) is 15.9 Å². The van der Waals surface area contributed by atoms with E-state index in [1.165, 1.54) is 28.6 Å². The van der Waals surface area contributed by atoms with E-state index in [4.69, 9.17) is 4.74 Å². The Morgan fingerprint density at radius 3 is 2.81 bits per heavy atom. The van der Waals surface area contributed by atoms with E-state index in [9.17, 15) is 0 Å². The maximum atomic E-state index is 5.99. The molecule has 0 N–H and O–H groups in total. The fourth-order valence-electron chi connectivity index (χ4n) is 2.28. The van der Waals surface area contributed by atoms with E-state index >= 15 is 0 Å². The second kappa shape index (κ2) is 5.65. The fourth-order valence-corrected chi connectivity index (χ4v) is 3.65. The number of thiophene rings is 1. The van der Waals surface area contributed by atoms with Gasteiger partial charge >= 0.3 is 0 Å². The van der Waals surface area contributed by atoms with Gasteiger partial charge in [0.05, 0.1) is 12.7 Å². The van der Waals surface area contributed by atoms with Crippen LogP contribution in [-0.4, -0.2) is 6.10 Å². The summed E-state index contributed by atoms with van der Waals surface area (Å²) in [5, 5.41) is 2.12. The van der Waals surface area contributed by atoms with Crippen LogP contribution in [0.3, 0.4) is 0 Å². The molecule has 16 heavy (non-hydrogen) atoms. The van der Waals surface area contributed by atoms with Crippen molar-refractivity contribution in [3.05, 3.63) is 20.8 Å². The highest BCUT2D eigenvalue weighted by molar-refractivity contribution is 9.10. The van der Waals surface area contributed by atoms with Gasteiger partial charge in [-0.05, 0) is 53.1 Å². The Bertz CT molecular complexity index is 336. The standard InChI is InChI=1S/C13H19BrOS/c1-9-3-4-12(5-10(9)2)15-7-13-6-11(14)8-16-13/h6,8-10,12H,3-5,7H2,1-2H3. The number of halogens is 1. The second-order valence-electron chi connectivity index (χ2n) is 4.93. The highest BCUT2D eigenvalue weighted by Crippen LogP contribution is 2.31. The summed E-state index contributed by atoms with van der Waals surface area (Å²) in [5.41, 5.74) is 0. The zero-order chi connectivity index (χ0) is 11.5. The van der Waals surface area contributed by atoms with Gasteiger partial charge in [0.2, 0.25) is 0 Å². The van der Waals surface area contributed by atoms with Gasteiger partial charge < -0.3 is 4.74 Å². The molecule has 3 unspecified atom stereocenters. The summed E-state index contributed by atoms with van der Waals surface area (Å²) < 4.78 is 7.16. The summed E-state index contributed by atoms with van der Waals surface area (Å²) in [6.07, 6.45) is 4.26. The third kappa shape index (κ3) is 3.31. The van der Waals surface area contributed by atoms with Crippen molar-refractivity contribution < 1.29 is 4.74 Å². The quantitative estimate of drug-likeness (QED) is 0.775. The topological polar surface area (TPSA) is 9.23 Å². The molecule has 1 saturated carbocycles. The molecule has 0 aliphatic heterocycles. The Balaban J connectivity index is 1.78. The molecule has 0 saturated heterocycles. The minimum Gasteiger partial charge on any atom is -0.373 e. The summed E-state index contributed by atoms with van der Waals surface area (Å²) in [4.78, 5) is 1.32. The molecule has 3 heteroatoms. The van der Waals surface area contributed by atoms with Crippen LogP contribution in [0.2, 0.25) is 0 Å². The first kappa shape index (κ1) is 12.6. The highest BCUT2D eigenvalue weighted by Gasteiger charge is 2.24. The summed E-state index contributed by atoms with van der Waals surface area (Å²) in [6.45, 7) is 5.49. The number of hydrogen-bond donors (Lipinski definition) is 0. The Morgan fingerprint density at radius 1 is 1.38 bits per heavy atom. The molecule has 0 radical (unpaired) electrons. The molecule has 2 rings (SSSR count). The molecular formula is C13H19BrOS. The van der Waals surface area contributed by atoms with Gasteiger partial charge in [0, 0.05) is 14.7 Å². The number of hydrogen-bond acceptors (Lipinski definition) is 2. The van der Waals surface area contributed by atoms with Gasteiger partial charge in [0.1, 0.15) is 0 Å². The predicted molar refractivity (Wildman–Crippen MR) is 72.8 cm³/mol. The van der Waals surface area contributed by atoms with Crippen LogP contribution >= 0.6 is 27.3 Å². The van der Waals surface area contributed by atoms with E-state index in [-0.39, 0.29) is 0 Å². The van der Waals surface area contributed by atoms with Gasteiger partial charge in [-0.3, -0.25) is 0 Å². The van der Waals surface area contributed by atoms with E-state index < -0.39 is 0 Å². The van der Waals surface area contributed by atoms with Crippen molar-refractivity contribution >= 4 is 27.3 Å². The zero-order valence-corrected chi connectivity index (χ0v) is 12.3. The van der Waals surface area contributed by atoms with Gasteiger partial charge in [0.15, 0.2) is 0 Å². The molecule has 1 fully saturated rings. The minimum absolute atomic E-state index is 0.479. The normalized spacial score (nSPS) is 30.6. The fraction of sp³-hybridized carbons (Fsp3) is 0.692. The van der Waals surface area contributed by atoms with Crippen molar-refractivity contribution in [2.45, 2.75) is 45.8 Å². The first-order chi connectivity index (χ1) is 7.65. The molecule has 1 aliphatic rings. The molecule has 90 valence electrons. The molecule has 0 bridgehead atoms. The summed E-state index contributed by atoms with van der Waals surface area (Å²) >= 11 is 5.24. The molecule has 1 nitrogen and oxygen atoms in total. The monoisotopic (exact) mass is 302 g/mol. The molecule has 1 heterocycles. The third-order valence-electron chi connectivity index (χ3n) is 3.63. The van der Waals surface area contributed by atoms with Crippen molar-refractivity contribution in [2.24, 2.45) is 11.8 Å². The lowest BCUT2D eigenvalue weighted by molar-refractivity contribution is -0.00634. The van der Waals surface area contributed by atoms with Crippen molar-refractivity contribution in [2.75, 3.05) is 0 Å². The first-order valence-corrected chi connectivity index (χ1v) is 7.67. The van der Waals surface area contributed by atoms with Crippen LogP contribution in [0.5, 0.6) is 0 Å². The maximum Gasteiger partial charge on any atom is 0.0813 e. The van der Waals surface area contributed by atoms with E-state index in [0.717, 1.165) is 18.4 Å². The Kier molecular flexibility index (Phi) is 4.45. The second-order valence-corrected chi connectivity index (χ2v) is 6.84. The molecule has 0 aromatic carbocycles. The van der Waals surface area contributed by atoms with E-state index in [2.05, 4.69) is 41.2 Å². The Morgan fingerprint density at radius 2 is 2.19 bits per heavy atom. The van der Waals surface area contributed by atoms with E-state index in [1.807, 2.05) is 0 Å². The smallest absolute Gasteiger partial charge is 0.0813 e. The zero-order valence-electron chi connectivity index (χ0n) is 9.91. The molecule has 3 atom stereocenters. The highest BCUT2D eigenvalue weighted by atomic mass is 79.9. The third-order valence-corrected chi connectivity index (χ3v) is 5.30. The molecule has 0 spiro atoms. The SMILES string of the molecule is CC1CCC(OCc2cc(Br)cs2)CC1C. The van der Waals surface area contributed by atoms with Crippen LogP contribution in [-0.2, 0) is 11.3 Å². The molecule has 1 aromatic rings. The molecule has 1 aromatic heterocycles. The van der Waals surface area contributed by atoms with E-state index in [0.29, 0.717) is 6.10 Å². The van der Waals surface area contributed by atoms with Crippen LogP contribution < -0.4 is 0 Å². The van der Waals surface area contributed by atoms with Crippen molar-refractivity contribution in [1.82, 2.24) is 0 Å². The summed E-state index contributed by atoms with van der Waals surface area (Å²) in [7, 11) is 0. The van der Waals surface area contributed by atoms with Gasteiger partial charge in [-0.1, -0.05) is 13.8 Å². The van der Waals surface area contributed by atoms with Gasteiger partial charge in [-0.25, -0.2) is 0 Å². The van der Waals surface area contributed by atoms with Crippen molar-refractivity contribution in [3.63, 3.8) is 0 Å². The largest absolute Gasteiger partial charge is 0.373 e. The lowest BCUT2D eigenvalue weighted by atomic mass is 9.80. The number of ether oxygens (including phenoxy) is 1. The molecule has 1 aliphatic carbocycles. The van der Waals surface area contributed by atoms with Gasteiger partial charge in [-0.15, -0.1) is 11.3 Å². The first-order valence-electron chi connectivity index (χ1n) is 5.99. The summed E-state index contributed by atoms with van der Waals surface area (Å²) in [5.74, 6) is 1.68. The lowest BCUT2D eigenvalue weighted by Gasteiger charge is -2.31.